The maximum atomic E-state index is 4.47. The molecule has 56 valence electrons. The molecule has 0 aliphatic carbocycles. The normalized spacial score (nSPS) is 11.7. The summed E-state index contributed by atoms with van der Waals surface area (Å²) >= 11 is 4.47. The molecule has 3 nitrogen and oxygen atoms in total. The van der Waals surface area contributed by atoms with Gasteiger partial charge < -0.3 is 0 Å². The van der Waals surface area contributed by atoms with E-state index in [1.165, 1.54) is 6.33 Å². The van der Waals surface area contributed by atoms with Crippen molar-refractivity contribution in [3.63, 3.8) is 0 Å². The summed E-state index contributed by atoms with van der Waals surface area (Å²) in [7, 11) is 0. The number of thiocarbonyl (C=S) groups is 1. The minimum Gasteiger partial charge on any atom is -0.244 e. The summed E-state index contributed by atoms with van der Waals surface area (Å²) in [6.45, 7) is 1.91. The Labute approximate surface area is 70.2 Å². The van der Waals surface area contributed by atoms with Gasteiger partial charge in [-0.1, -0.05) is 0 Å². The van der Waals surface area contributed by atoms with Gasteiger partial charge in [0.1, 0.15) is 6.33 Å². The van der Waals surface area contributed by atoms with Gasteiger partial charge in [0.25, 0.3) is 0 Å². The summed E-state index contributed by atoms with van der Waals surface area (Å²) in [5.41, 5.74) is 0.949. The van der Waals surface area contributed by atoms with Crippen LogP contribution in [0.5, 0.6) is 0 Å². The molecule has 0 aromatic carbocycles. The van der Waals surface area contributed by atoms with Crippen molar-refractivity contribution in [2.24, 2.45) is 4.99 Å². The Balaban J connectivity index is 2.84. The highest BCUT2D eigenvalue weighted by atomic mass is 32.1. The topological polar surface area (TPSA) is 38.1 Å². The molecule has 0 spiro atoms. The highest BCUT2D eigenvalue weighted by Crippen LogP contribution is 2.12. The SMILES string of the molecule is C[C@@H](N=C=S)c1cncnc1. The van der Waals surface area contributed by atoms with Crippen LogP contribution >= 0.6 is 12.2 Å². The Morgan fingerprint density at radius 3 is 2.73 bits per heavy atom. The summed E-state index contributed by atoms with van der Waals surface area (Å²) in [6, 6.07) is 0.00806. The molecule has 1 aromatic rings. The van der Waals surface area contributed by atoms with Gasteiger partial charge in [-0.3, -0.25) is 0 Å². The van der Waals surface area contributed by atoms with Gasteiger partial charge in [0.2, 0.25) is 0 Å². The van der Waals surface area contributed by atoms with Crippen LogP contribution in [-0.2, 0) is 0 Å². The molecule has 1 heterocycles. The molecule has 0 radical (unpaired) electrons. The number of aromatic nitrogens is 2. The van der Waals surface area contributed by atoms with Gasteiger partial charge in [-0.2, -0.15) is 0 Å². The smallest absolute Gasteiger partial charge is 0.115 e. The molecule has 0 N–H and O–H groups in total. The fourth-order valence-electron chi connectivity index (χ4n) is 0.680. The molecule has 0 saturated carbocycles. The van der Waals surface area contributed by atoms with E-state index in [9.17, 15) is 0 Å². The molecular weight excluding hydrogens is 158 g/mol. The van der Waals surface area contributed by atoms with Gasteiger partial charge in [0, 0.05) is 18.0 Å². The molecule has 0 bridgehead atoms. The summed E-state index contributed by atoms with van der Waals surface area (Å²) in [5, 5.41) is 2.32. The molecule has 0 aliphatic heterocycles. The predicted molar refractivity (Wildman–Crippen MR) is 45.5 cm³/mol. The van der Waals surface area contributed by atoms with Crippen LogP contribution in [0, 0.1) is 0 Å². The average molecular weight is 165 g/mol. The molecular formula is C7H7N3S. The van der Waals surface area contributed by atoms with Crippen molar-refractivity contribution < 1.29 is 0 Å². The minimum atomic E-state index is 0.00806. The maximum absolute atomic E-state index is 4.47. The second-order valence-electron chi connectivity index (χ2n) is 2.07. The van der Waals surface area contributed by atoms with Gasteiger partial charge in [-0.15, -0.1) is 0 Å². The van der Waals surface area contributed by atoms with Crippen LogP contribution in [0.3, 0.4) is 0 Å². The average Bonchev–Trinajstić information content (AvgIpc) is 2.07. The number of aliphatic imine (C=N–C) groups is 1. The Morgan fingerprint density at radius 2 is 2.18 bits per heavy atom. The van der Waals surface area contributed by atoms with E-state index in [-0.39, 0.29) is 6.04 Å². The third-order valence-corrected chi connectivity index (χ3v) is 1.41. The van der Waals surface area contributed by atoms with Gasteiger partial charge >= 0.3 is 0 Å². The molecule has 11 heavy (non-hydrogen) atoms. The Morgan fingerprint density at radius 1 is 1.55 bits per heavy atom. The first-order valence-corrected chi connectivity index (χ1v) is 3.57. The standard InChI is InChI=1S/C7H7N3S/c1-6(10-5-11)7-2-8-4-9-3-7/h2-4,6H,1H3/t6-/m1/s1. The van der Waals surface area contributed by atoms with Crippen molar-refractivity contribution in [2.75, 3.05) is 0 Å². The predicted octanol–water partition coefficient (Wildman–Crippen LogP) is 1.64. The lowest BCUT2D eigenvalue weighted by Crippen LogP contribution is -1.90. The molecule has 0 saturated heterocycles. The molecule has 1 rings (SSSR count). The van der Waals surface area contributed by atoms with Crippen molar-refractivity contribution in [3.8, 4) is 0 Å². The van der Waals surface area contributed by atoms with Gasteiger partial charge in [-0.25, -0.2) is 15.0 Å². The van der Waals surface area contributed by atoms with Crippen molar-refractivity contribution in [2.45, 2.75) is 13.0 Å². The van der Waals surface area contributed by atoms with Crippen molar-refractivity contribution >= 4 is 17.4 Å². The quantitative estimate of drug-likeness (QED) is 0.494. The van der Waals surface area contributed by atoms with Crippen LogP contribution in [0.25, 0.3) is 0 Å². The van der Waals surface area contributed by atoms with Gasteiger partial charge in [0.15, 0.2) is 0 Å². The van der Waals surface area contributed by atoms with E-state index >= 15 is 0 Å². The summed E-state index contributed by atoms with van der Waals surface area (Å²) < 4.78 is 0. The zero-order valence-electron chi connectivity index (χ0n) is 6.06. The monoisotopic (exact) mass is 165 g/mol. The summed E-state index contributed by atoms with van der Waals surface area (Å²) in [5.74, 6) is 0. The first-order chi connectivity index (χ1) is 5.34. The van der Waals surface area contributed by atoms with Crippen LogP contribution in [0.4, 0.5) is 0 Å². The Bertz CT molecular complexity index is 266. The fraction of sp³-hybridized carbons (Fsp3) is 0.286. The number of rotatable bonds is 2. The van der Waals surface area contributed by atoms with E-state index in [4.69, 9.17) is 0 Å². The molecule has 0 aliphatic rings. The van der Waals surface area contributed by atoms with Crippen LogP contribution in [0.1, 0.15) is 18.5 Å². The zero-order chi connectivity index (χ0) is 8.10. The molecule has 0 amide bonds. The zero-order valence-corrected chi connectivity index (χ0v) is 6.88. The lowest BCUT2D eigenvalue weighted by molar-refractivity contribution is 0.811. The highest BCUT2D eigenvalue weighted by molar-refractivity contribution is 7.78. The lowest BCUT2D eigenvalue weighted by Gasteiger charge is -2.00. The first-order valence-electron chi connectivity index (χ1n) is 3.16. The summed E-state index contributed by atoms with van der Waals surface area (Å²) in [6.07, 6.45) is 4.92. The Kier molecular flexibility index (Phi) is 2.83. The van der Waals surface area contributed by atoms with Crippen LogP contribution in [0.2, 0.25) is 0 Å². The Hall–Kier alpha value is -1.12. The van der Waals surface area contributed by atoms with E-state index < -0.39 is 0 Å². The molecule has 4 heteroatoms. The van der Waals surface area contributed by atoms with Crippen molar-refractivity contribution in [1.82, 2.24) is 9.97 Å². The van der Waals surface area contributed by atoms with Gasteiger partial charge in [-0.05, 0) is 19.1 Å². The fourth-order valence-corrected chi connectivity index (χ4v) is 0.838. The van der Waals surface area contributed by atoms with E-state index in [1.807, 2.05) is 6.92 Å². The number of nitrogens with zero attached hydrogens (tertiary/aromatic N) is 3. The van der Waals surface area contributed by atoms with E-state index in [1.54, 1.807) is 12.4 Å². The number of hydrogen-bond acceptors (Lipinski definition) is 4. The molecule has 1 aromatic heterocycles. The van der Waals surface area contributed by atoms with Crippen molar-refractivity contribution in [3.05, 3.63) is 24.3 Å². The maximum Gasteiger partial charge on any atom is 0.115 e. The van der Waals surface area contributed by atoms with Crippen LogP contribution < -0.4 is 0 Å². The van der Waals surface area contributed by atoms with Gasteiger partial charge in [0.05, 0.1) is 11.2 Å². The molecule has 1 atom stereocenters. The third-order valence-electron chi connectivity index (χ3n) is 1.31. The highest BCUT2D eigenvalue weighted by Gasteiger charge is 2.00. The largest absolute Gasteiger partial charge is 0.244 e. The van der Waals surface area contributed by atoms with Crippen LogP contribution in [0.15, 0.2) is 23.7 Å². The van der Waals surface area contributed by atoms with E-state index in [0.29, 0.717) is 0 Å². The second kappa shape index (κ2) is 3.91. The minimum absolute atomic E-state index is 0.00806. The number of isothiocyanates is 1. The summed E-state index contributed by atoms with van der Waals surface area (Å²) in [4.78, 5) is 11.6. The lowest BCUT2D eigenvalue weighted by atomic mass is 10.2. The van der Waals surface area contributed by atoms with Crippen molar-refractivity contribution in [1.29, 1.82) is 0 Å². The van der Waals surface area contributed by atoms with E-state index in [2.05, 4.69) is 32.3 Å². The van der Waals surface area contributed by atoms with Crippen LogP contribution in [-0.4, -0.2) is 15.1 Å². The first kappa shape index (κ1) is 7.98. The molecule has 0 unspecified atom stereocenters. The number of hydrogen-bond donors (Lipinski definition) is 0. The second-order valence-corrected chi connectivity index (χ2v) is 2.25. The molecule has 0 fully saturated rings. The van der Waals surface area contributed by atoms with E-state index in [0.717, 1.165) is 5.56 Å². The third kappa shape index (κ3) is 2.18.